The standard InChI is InChI=1S/C17H23N3O/c18-8-6-17(15-4-2-1-3-5-15)20-9-7-16(14-20)19-10-12-21-13-11-19/h1-5,16-17H,6-7,9-14H2. The van der Waals surface area contributed by atoms with Crippen LogP contribution in [0.2, 0.25) is 0 Å². The molecule has 0 amide bonds. The van der Waals surface area contributed by atoms with E-state index in [0.29, 0.717) is 12.5 Å². The topological polar surface area (TPSA) is 39.5 Å². The lowest BCUT2D eigenvalue weighted by Crippen LogP contribution is -2.45. The molecule has 2 saturated heterocycles. The molecule has 2 fully saturated rings. The van der Waals surface area contributed by atoms with E-state index in [0.717, 1.165) is 39.4 Å². The molecule has 0 aromatic heterocycles. The molecule has 21 heavy (non-hydrogen) atoms. The van der Waals surface area contributed by atoms with Crippen molar-refractivity contribution in [1.82, 2.24) is 9.80 Å². The molecular formula is C17H23N3O. The van der Waals surface area contributed by atoms with E-state index in [1.54, 1.807) is 0 Å². The van der Waals surface area contributed by atoms with Crippen LogP contribution in [0.25, 0.3) is 0 Å². The first kappa shape index (κ1) is 14.5. The fourth-order valence-electron chi connectivity index (χ4n) is 3.51. The molecule has 1 aromatic carbocycles. The fourth-order valence-corrected chi connectivity index (χ4v) is 3.51. The second kappa shape index (κ2) is 7.04. The van der Waals surface area contributed by atoms with Gasteiger partial charge in [-0.2, -0.15) is 5.26 Å². The maximum absolute atomic E-state index is 9.17. The van der Waals surface area contributed by atoms with Crippen molar-refractivity contribution in [3.05, 3.63) is 35.9 Å². The van der Waals surface area contributed by atoms with E-state index in [1.807, 2.05) is 6.07 Å². The van der Waals surface area contributed by atoms with Crippen molar-refractivity contribution in [2.45, 2.75) is 24.9 Å². The molecule has 0 radical (unpaired) electrons. The van der Waals surface area contributed by atoms with E-state index in [2.05, 4.69) is 40.1 Å². The third-order valence-corrected chi connectivity index (χ3v) is 4.67. The molecule has 2 aliphatic rings. The minimum Gasteiger partial charge on any atom is -0.379 e. The Hall–Kier alpha value is -1.41. The Labute approximate surface area is 126 Å². The Morgan fingerprint density at radius 3 is 2.67 bits per heavy atom. The summed E-state index contributed by atoms with van der Waals surface area (Å²) in [6.45, 7) is 5.97. The number of hydrogen-bond donors (Lipinski definition) is 0. The van der Waals surface area contributed by atoms with Crippen LogP contribution in [0, 0.1) is 11.3 Å². The molecule has 1 aromatic rings. The zero-order valence-electron chi connectivity index (χ0n) is 12.4. The lowest BCUT2D eigenvalue weighted by atomic mass is 10.0. The Bertz CT molecular complexity index is 479. The van der Waals surface area contributed by atoms with Crippen LogP contribution in [0.1, 0.15) is 24.4 Å². The van der Waals surface area contributed by atoms with Crippen molar-refractivity contribution < 1.29 is 4.74 Å². The van der Waals surface area contributed by atoms with Crippen molar-refractivity contribution in [1.29, 1.82) is 5.26 Å². The van der Waals surface area contributed by atoms with Crippen LogP contribution in [-0.2, 0) is 4.74 Å². The Morgan fingerprint density at radius 2 is 1.95 bits per heavy atom. The summed E-state index contributed by atoms with van der Waals surface area (Å²) in [5, 5.41) is 9.17. The van der Waals surface area contributed by atoms with Crippen LogP contribution >= 0.6 is 0 Å². The van der Waals surface area contributed by atoms with E-state index in [9.17, 15) is 0 Å². The Morgan fingerprint density at radius 1 is 1.19 bits per heavy atom. The van der Waals surface area contributed by atoms with Crippen LogP contribution in [0.5, 0.6) is 0 Å². The zero-order valence-corrected chi connectivity index (χ0v) is 12.4. The van der Waals surface area contributed by atoms with Crippen molar-refractivity contribution in [2.24, 2.45) is 0 Å². The van der Waals surface area contributed by atoms with Gasteiger partial charge in [0.2, 0.25) is 0 Å². The van der Waals surface area contributed by atoms with E-state index in [-0.39, 0.29) is 6.04 Å². The first-order chi connectivity index (χ1) is 10.4. The summed E-state index contributed by atoms with van der Waals surface area (Å²) < 4.78 is 5.44. The average molecular weight is 285 g/mol. The Balaban J connectivity index is 1.66. The number of ether oxygens (including phenoxy) is 1. The van der Waals surface area contributed by atoms with Gasteiger partial charge in [0.25, 0.3) is 0 Å². The quantitative estimate of drug-likeness (QED) is 0.849. The van der Waals surface area contributed by atoms with E-state index < -0.39 is 0 Å². The molecule has 3 rings (SSSR count). The molecule has 2 heterocycles. The number of likely N-dealkylation sites (tertiary alicyclic amines) is 1. The fraction of sp³-hybridized carbons (Fsp3) is 0.588. The molecule has 2 unspecified atom stereocenters. The first-order valence-corrected chi connectivity index (χ1v) is 7.86. The van der Waals surface area contributed by atoms with E-state index >= 15 is 0 Å². The predicted molar refractivity (Wildman–Crippen MR) is 81.8 cm³/mol. The minimum atomic E-state index is 0.238. The zero-order chi connectivity index (χ0) is 14.5. The maximum Gasteiger partial charge on any atom is 0.0641 e. The predicted octanol–water partition coefficient (Wildman–Crippen LogP) is 2.05. The van der Waals surface area contributed by atoms with Crippen LogP contribution in [0.3, 0.4) is 0 Å². The molecule has 2 aliphatic heterocycles. The summed E-state index contributed by atoms with van der Waals surface area (Å²) in [5.74, 6) is 0. The molecule has 0 bridgehead atoms. The monoisotopic (exact) mass is 285 g/mol. The highest BCUT2D eigenvalue weighted by Crippen LogP contribution is 2.29. The van der Waals surface area contributed by atoms with Crippen molar-refractivity contribution in [3.63, 3.8) is 0 Å². The molecule has 2 atom stereocenters. The highest BCUT2D eigenvalue weighted by Gasteiger charge is 2.32. The van der Waals surface area contributed by atoms with Gasteiger partial charge in [-0.25, -0.2) is 0 Å². The largest absolute Gasteiger partial charge is 0.379 e. The molecule has 0 aliphatic carbocycles. The van der Waals surface area contributed by atoms with E-state index in [1.165, 1.54) is 12.0 Å². The number of hydrogen-bond acceptors (Lipinski definition) is 4. The third-order valence-electron chi connectivity index (χ3n) is 4.67. The second-order valence-corrected chi connectivity index (χ2v) is 5.87. The summed E-state index contributed by atoms with van der Waals surface area (Å²) in [5.41, 5.74) is 1.27. The molecule has 0 spiro atoms. The highest BCUT2D eigenvalue weighted by atomic mass is 16.5. The van der Waals surface area contributed by atoms with Crippen molar-refractivity contribution in [2.75, 3.05) is 39.4 Å². The van der Waals surface area contributed by atoms with Gasteiger partial charge in [0.15, 0.2) is 0 Å². The van der Waals surface area contributed by atoms with Gasteiger partial charge in [0.1, 0.15) is 0 Å². The molecule has 0 N–H and O–H groups in total. The second-order valence-electron chi connectivity index (χ2n) is 5.87. The lowest BCUT2D eigenvalue weighted by Gasteiger charge is -2.33. The van der Waals surface area contributed by atoms with Gasteiger partial charge in [-0.05, 0) is 12.0 Å². The van der Waals surface area contributed by atoms with Gasteiger partial charge in [0, 0.05) is 38.3 Å². The molecule has 0 saturated carbocycles. The molecule has 112 valence electrons. The summed E-state index contributed by atoms with van der Waals surface area (Å²) in [6, 6.07) is 13.7. The van der Waals surface area contributed by atoms with Crippen LogP contribution in [-0.4, -0.2) is 55.2 Å². The highest BCUT2D eigenvalue weighted by molar-refractivity contribution is 5.20. The summed E-state index contributed by atoms with van der Waals surface area (Å²) in [7, 11) is 0. The number of benzene rings is 1. The minimum absolute atomic E-state index is 0.238. The van der Waals surface area contributed by atoms with Crippen molar-refractivity contribution in [3.8, 4) is 6.07 Å². The van der Waals surface area contributed by atoms with Gasteiger partial charge in [-0.3, -0.25) is 9.80 Å². The van der Waals surface area contributed by atoms with Gasteiger partial charge in [0.05, 0.1) is 25.7 Å². The summed E-state index contributed by atoms with van der Waals surface area (Å²) in [4.78, 5) is 5.04. The smallest absolute Gasteiger partial charge is 0.0641 e. The van der Waals surface area contributed by atoms with Gasteiger partial charge >= 0.3 is 0 Å². The lowest BCUT2D eigenvalue weighted by molar-refractivity contribution is 0.0176. The molecule has 4 heteroatoms. The molecule has 4 nitrogen and oxygen atoms in total. The average Bonchev–Trinajstić information content (AvgIpc) is 3.04. The molecular weight excluding hydrogens is 262 g/mol. The SMILES string of the molecule is N#CCC(c1ccccc1)N1CCC(N2CCOCC2)C1. The van der Waals surface area contributed by atoms with Crippen LogP contribution in [0.15, 0.2) is 30.3 Å². The normalized spacial score (nSPS) is 25.6. The summed E-state index contributed by atoms with van der Waals surface area (Å²) in [6.07, 6.45) is 1.77. The van der Waals surface area contributed by atoms with Gasteiger partial charge in [-0.15, -0.1) is 0 Å². The van der Waals surface area contributed by atoms with Gasteiger partial charge < -0.3 is 4.74 Å². The van der Waals surface area contributed by atoms with E-state index in [4.69, 9.17) is 10.00 Å². The van der Waals surface area contributed by atoms with Crippen LogP contribution in [0.4, 0.5) is 0 Å². The number of rotatable bonds is 4. The summed E-state index contributed by atoms with van der Waals surface area (Å²) >= 11 is 0. The number of nitrogens with zero attached hydrogens (tertiary/aromatic N) is 3. The van der Waals surface area contributed by atoms with Crippen molar-refractivity contribution >= 4 is 0 Å². The maximum atomic E-state index is 9.17. The third kappa shape index (κ3) is 3.44. The van der Waals surface area contributed by atoms with Crippen LogP contribution < -0.4 is 0 Å². The first-order valence-electron chi connectivity index (χ1n) is 7.86. The number of morpholine rings is 1. The van der Waals surface area contributed by atoms with Gasteiger partial charge in [-0.1, -0.05) is 30.3 Å². The number of nitriles is 1. The Kier molecular flexibility index (Phi) is 4.87.